The van der Waals surface area contributed by atoms with Crippen LogP contribution in [0, 0.1) is 0 Å². The minimum Gasteiger partial charge on any atom is -0.366 e. The van der Waals surface area contributed by atoms with E-state index in [0.29, 0.717) is 17.8 Å². The van der Waals surface area contributed by atoms with Crippen LogP contribution in [0.15, 0.2) is 60.7 Å². The molecule has 0 aliphatic heterocycles. The Kier molecular flexibility index (Phi) is 17.3. The van der Waals surface area contributed by atoms with Crippen molar-refractivity contribution in [2.45, 2.75) is 0 Å². The highest BCUT2D eigenvalue weighted by molar-refractivity contribution is 5.94. The number of amides is 2. The molecule has 148 valence electrons. The number of nitrogens with zero attached hydrogens (tertiary/aromatic N) is 1. The molecule has 0 heterocycles. The highest BCUT2D eigenvalue weighted by Gasteiger charge is 2.02. The van der Waals surface area contributed by atoms with Crippen molar-refractivity contribution in [2.75, 3.05) is 34.9 Å². The second-order valence-electron chi connectivity index (χ2n) is 5.34. The molecule has 0 fully saturated rings. The Bertz CT molecular complexity index is 620. The zero-order chi connectivity index (χ0) is 21.1. The van der Waals surface area contributed by atoms with Crippen LogP contribution >= 0.6 is 0 Å². The van der Waals surface area contributed by atoms with E-state index in [2.05, 4.69) is 10.6 Å². The standard InChI is InChI=1S/C10H14N2O.C7H7NO.C2H7N.CH2O/c1-12(2)8-11-10(13)9-6-4-3-5-7-9;8-7(9)6-4-2-1-3-5-6;1-3-2;1-2/h3-7H,8H2,1-2H3,(H,11,13);1-5H,(H2,8,9);3H,1-2H3;1H2. The van der Waals surface area contributed by atoms with Gasteiger partial charge < -0.3 is 21.2 Å². The van der Waals surface area contributed by atoms with Crippen molar-refractivity contribution >= 4 is 18.6 Å². The number of benzene rings is 2. The fraction of sp³-hybridized carbons (Fsp3) is 0.250. The van der Waals surface area contributed by atoms with Crippen molar-refractivity contribution < 1.29 is 14.4 Å². The van der Waals surface area contributed by atoms with E-state index in [-0.39, 0.29) is 11.8 Å². The van der Waals surface area contributed by atoms with Gasteiger partial charge in [-0.15, -0.1) is 0 Å². The van der Waals surface area contributed by atoms with E-state index in [4.69, 9.17) is 10.5 Å². The Morgan fingerprint density at radius 3 is 1.56 bits per heavy atom. The average Bonchev–Trinajstić information content (AvgIpc) is 2.70. The Hall–Kier alpha value is -3.03. The van der Waals surface area contributed by atoms with Crippen LogP contribution in [-0.2, 0) is 4.79 Å². The lowest BCUT2D eigenvalue weighted by Crippen LogP contribution is -2.32. The average molecular weight is 374 g/mol. The molecule has 0 atom stereocenters. The van der Waals surface area contributed by atoms with E-state index in [1.807, 2.05) is 64.1 Å². The molecule has 2 aromatic rings. The quantitative estimate of drug-likeness (QED) is 0.701. The highest BCUT2D eigenvalue weighted by atomic mass is 16.2. The normalized spacial score (nSPS) is 8.63. The van der Waals surface area contributed by atoms with Crippen molar-refractivity contribution in [2.24, 2.45) is 5.73 Å². The maximum atomic E-state index is 11.4. The molecule has 27 heavy (non-hydrogen) atoms. The van der Waals surface area contributed by atoms with Crippen LogP contribution in [0.2, 0.25) is 0 Å². The first kappa shape index (κ1) is 26.2. The van der Waals surface area contributed by atoms with Gasteiger partial charge in [-0.2, -0.15) is 0 Å². The zero-order valence-corrected chi connectivity index (χ0v) is 16.4. The van der Waals surface area contributed by atoms with Crippen molar-refractivity contribution in [3.63, 3.8) is 0 Å². The summed E-state index contributed by atoms with van der Waals surface area (Å²) in [7, 11) is 7.57. The highest BCUT2D eigenvalue weighted by Crippen LogP contribution is 1.97. The number of rotatable bonds is 4. The van der Waals surface area contributed by atoms with E-state index in [0.717, 1.165) is 0 Å². The molecule has 7 heteroatoms. The molecule has 2 amide bonds. The number of carbonyl (C=O) groups is 3. The van der Waals surface area contributed by atoms with Gasteiger partial charge in [0, 0.05) is 11.1 Å². The smallest absolute Gasteiger partial charge is 0.252 e. The first-order valence-electron chi connectivity index (χ1n) is 8.12. The van der Waals surface area contributed by atoms with E-state index in [9.17, 15) is 9.59 Å². The number of nitrogens with two attached hydrogens (primary N) is 1. The molecule has 0 bridgehead atoms. The van der Waals surface area contributed by atoms with Crippen LogP contribution in [0.25, 0.3) is 0 Å². The van der Waals surface area contributed by atoms with E-state index < -0.39 is 0 Å². The third kappa shape index (κ3) is 15.0. The van der Waals surface area contributed by atoms with Crippen molar-refractivity contribution in [1.82, 2.24) is 15.5 Å². The van der Waals surface area contributed by atoms with Gasteiger partial charge in [0.25, 0.3) is 5.91 Å². The minimum absolute atomic E-state index is 0.0331. The van der Waals surface area contributed by atoms with Crippen molar-refractivity contribution in [3.8, 4) is 0 Å². The number of nitrogens with one attached hydrogen (secondary N) is 2. The first-order chi connectivity index (χ1) is 12.9. The van der Waals surface area contributed by atoms with E-state index in [1.165, 1.54) is 0 Å². The Morgan fingerprint density at radius 1 is 0.889 bits per heavy atom. The molecular formula is C20H30N4O3. The Labute approximate surface area is 161 Å². The van der Waals surface area contributed by atoms with Gasteiger partial charge in [-0.3, -0.25) is 14.5 Å². The summed E-state index contributed by atoms with van der Waals surface area (Å²) in [5.74, 6) is -0.412. The molecule has 0 saturated carbocycles. The van der Waals surface area contributed by atoms with Gasteiger partial charge in [0.1, 0.15) is 6.79 Å². The summed E-state index contributed by atoms with van der Waals surface area (Å²) in [5.41, 5.74) is 6.23. The van der Waals surface area contributed by atoms with Crippen molar-refractivity contribution in [1.29, 1.82) is 0 Å². The van der Waals surface area contributed by atoms with Gasteiger partial charge in [-0.25, -0.2) is 0 Å². The van der Waals surface area contributed by atoms with Crippen LogP contribution in [-0.4, -0.2) is 58.4 Å². The molecule has 0 radical (unpaired) electrons. The fourth-order valence-corrected chi connectivity index (χ4v) is 1.52. The van der Waals surface area contributed by atoms with Crippen LogP contribution < -0.4 is 16.4 Å². The molecule has 2 aromatic carbocycles. The first-order valence-corrected chi connectivity index (χ1v) is 8.12. The molecule has 0 unspecified atom stereocenters. The minimum atomic E-state index is -0.379. The molecule has 0 aromatic heterocycles. The number of hydrogen-bond donors (Lipinski definition) is 3. The summed E-state index contributed by atoms with van der Waals surface area (Å²) in [5, 5.41) is 5.54. The Morgan fingerprint density at radius 2 is 1.26 bits per heavy atom. The lowest BCUT2D eigenvalue weighted by atomic mass is 10.2. The largest absolute Gasteiger partial charge is 0.366 e. The second-order valence-corrected chi connectivity index (χ2v) is 5.34. The summed E-state index contributed by atoms with van der Waals surface area (Å²) in [4.78, 5) is 31.7. The van der Waals surface area contributed by atoms with Crippen LogP contribution in [0.5, 0.6) is 0 Å². The van der Waals surface area contributed by atoms with Gasteiger partial charge in [0.05, 0.1) is 6.67 Å². The van der Waals surface area contributed by atoms with Crippen molar-refractivity contribution in [3.05, 3.63) is 71.8 Å². The van der Waals surface area contributed by atoms with Gasteiger partial charge in [0.2, 0.25) is 5.91 Å². The lowest BCUT2D eigenvalue weighted by Gasteiger charge is -2.10. The SMILES string of the molecule is C=O.CN(C)CNC(=O)c1ccccc1.CNC.NC(=O)c1ccccc1. The van der Waals surface area contributed by atoms with Gasteiger partial charge >= 0.3 is 0 Å². The summed E-state index contributed by atoms with van der Waals surface area (Å²) < 4.78 is 0. The predicted octanol–water partition coefficient (Wildman–Crippen LogP) is 1.37. The fourth-order valence-electron chi connectivity index (χ4n) is 1.52. The third-order valence-corrected chi connectivity index (χ3v) is 2.65. The topological polar surface area (TPSA) is 105 Å². The van der Waals surface area contributed by atoms with Crippen LogP contribution in [0.4, 0.5) is 0 Å². The summed E-state index contributed by atoms with van der Waals surface area (Å²) in [6, 6.07) is 17.9. The van der Waals surface area contributed by atoms with Gasteiger partial charge in [-0.1, -0.05) is 36.4 Å². The van der Waals surface area contributed by atoms with Gasteiger partial charge in [0.15, 0.2) is 0 Å². The monoisotopic (exact) mass is 374 g/mol. The number of hydrogen-bond acceptors (Lipinski definition) is 5. The summed E-state index contributed by atoms with van der Waals surface area (Å²) in [6.07, 6.45) is 0. The zero-order valence-electron chi connectivity index (χ0n) is 16.4. The Balaban J connectivity index is 0. The molecule has 0 aliphatic rings. The number of primary amides is 1. The molecule has 2 rings (SSSR count). The van der Waals surface area contributed by atoms with Crippen LogP contribution in [0.1, 0.15) is 20.7 Å². The molecule has 4 N–H and O–H groups in total. The van der Waals surface area contributed by atoms with E-state index in [1.54, 1.807) is 36.4 Å². The number of carbonyl (C=O) groups excluding carboxylic acids is 3. The summed E-state index contributed by atoms with van der Waals surface area (Å²) in [6.45, 7) is 2.56. The van der Waals surface area contributed by atoms with E-state index >= 15 is 0 Å². The molecule has 0 aliphatic carbocycles. The maximum Gasteiger partial charge on any atom is 0.252 e. The lowest BCUT2D eigenvalue weighted by molar-refractivity contribution is -0.0980. The molecule has 0 spiro atoms. The maximum absolute atomic E-state index is 11.4. The van der Waals surface area contributed by atoms with Gasteiger partial charge in [-0.05, 0) is 52.5 Å². The third-order valence-electron chi connectivity index (χ3n) is 2.65. The second kappa shape index (κ2) is 17.8. The molecule has 0 saturated heterocycles. The predicted molar refractivity (Wildman–Crippen MR) is 110 cm³/mol. The van der Waals surface area contributed by atoms with Crippen LogP contribution in [0.3, 0.4) is 0 Å². The summed E-state index contributed by atoms with van der Waals surface area (Å²) >= 11 is 0. The molecule has 7 nitrogen and oxygen atoms in total. The molecular weight excluding hydrogens is 344 g/mol.